The van der Waals surface area contributed by atoms with E-state index in [-0.39, 0.29) is 0 Å². The lowest BCUT2D eigenvalue weighted by atomic mass is 10.2. The van der Waals surface area contributed by atoms with Gasteiger partial charge in [0.05, 0.1) is 31.1 Å². The standard InChI is InChI=1S/C12H18N4O.C2H6.C2H2/c13-12-2-1-10(7-14-12)15-3-5-16(6-4-15)11-8-17-9-11;2*1-2/h1-2,7,11H,3-6,8-9H2,(H2,13,14);1-2H3;1-2H. The van der Waals surface area contributed by atoms with Crippen molar-refractivity contribution >= 4 is 11.5 Å². The molecule has 2 fully saturated rings. The molecule has 0 aromatic carbocycles. The predicted octanol–water partition coefficient (Wildman–Crippen LogP) is 1.46. The Labute approximate surface area is 128 Å². The molecule has 2 N–H and O–H groups in total. The molecular formula is C16H26N4O. The van der Waals surface area contributed by atoms with Crippen LogP contribution in [0.3, 0.4) is 0 Å². The highest BCUT2D eigenvalue weighted by Crippen LogP contribution is 2.18. The van der Waals surface area contributed by atoms with E-state index in [9.17, 15) is 0 Å². The highest BCUT2D eigenvalue weighted by atomic mass is 16.5. The second kappa shape index (κ2) is 9.22. The molecule has 0 radical (unpaired) electrons. The number of nitrogens with two attached hydrogens (primary N) is 1. The van der Waals surface area contributed by atoms with Crippen LogP contribution in [0, 0.1) is 12.8 Å². The van der Waals surface area contributed by atoms with Gasteiger partial charge in [0.1, 0.15) is 5.82 Å². The van der Waals surface area contributed by atoms with Crippen LogP contribution in [0.5, 0.6) is 0 Å². The third-order valence-electron chi connectivity index (χ3n) is 3.59. The van der Waals surface area contributed by atoms with Crippen LogP contribution in [0.25, 0.3) is 0 Å². The van der Waals surface area contributed by atoms with E-state index < -0.39 is 0 Å². The Bertz CT molecular complexity index is 406. The van der Waals surface area contributed by atoms with E-state index in [0.717, 1.165) is 39.4 Å². The molecular weight excluding hydrogens is 264 g/mol. The monoisotopic (exact) mass is 290 g/mol. The predicted molar refractivity (Wildman–Crippen MR) is 88.3 cm³/mol. The number of ether oxygens (including phenoxy) is 1. The second-order valence-electron chi connectivity index (χ2n) is 4.66. The molecule has 0 saturated carbocycles. The first kappa shape index (κ1) is 17.3. The van der Waals surface area contributed by atoms with Crippen LogP contribution in [-0.2, 0) is 4.74 Å². The topological polar surface area (TPSA) is 54.6 Å². The lowest BCUT2D eigenvalue weighted by Crippen LogP contribution is -2.56. The normalized spacial score (nSPS) is 18.6. The Morgan fingerprint density at radius 2 is 1.76 bits per heavy atom. The minimum absolute atomic E-state index is 0.582. The van der Waals surface area contributed by atoms with E-state index in [1.165, 1.54) is 5.69 Å². The molecule has 0 unspecified atom stereocenters. The number of hydrogen-bond donors (Lipinski definition) is 1. The highest BCUT2D eigenvalue weighted by Gasteiger charge is 2.28. The maximum atomic E-state index is 5.59. The van der Waals surface area contributed by atoms with Gasteiger partial charge in [0, 0.05) is 26.2 Å². The largest absolute Gasteiger partial charge is 0.384 e. The van der Waals surface area contributed by atoms with Crippen LogP contribution < -0.4 is 10.6 Å². The number of terminal acetylenes is 1. The molecule has 5 nitrogen and oxygen atoms in total. The van der Waals surface area contributed by atoms with Gasteiger partial charge in [0.15, 0.2) is 0 Å². The van der Waals surface area contributed by atoms with Crippen molar-refractivity contribution in [3.05, 3.63) is 18.3 Å². The van der Waals surface area contributed by atoms with Crippen LogP contribution in [0.1, 0.15) is 13.8 Å². The average molecular weight is 290 g/mol. The molecule has 0 spiro atoms. The average Bonchev–Trinajstić information content (AvgIpc) is 2.51. The van der Waals surface area contributed by atoms with Gasteiger partial charge in [-0.25, -0.2) is 4.98 Å². The van der Waals surface area contributed by atoms with Crippen LogP contribution in [0.4, 0.5) is 11.5 Å². The minimum Gasteiger partial charge on any atom is -0.384 e. The van der Waals surface area contributed by atoms with Crippen molar-refractivity contribution in [1.82, 2.24) is 9.88 Å². The summed E-state index contributed by atoms with van der Waals surface area (Å²) in [5.41, 5.74) is 6.76. The molecule has 2 aliphatic rings. The molecule has 0 bridgehead atoms. The van der Waals surface area contributed by atoms with Crippen molar-refractivity contribution in [3.63, 3.8) is 0 Å². The maximum absolute atomic E-state index is 5.59. The molecule has 116 valence electrons. The fourth-order valence-corrected chi connectivity index (χ4v) is 2.36. The molecule has 5 heteroatoms. The first-order chi connectivity index (χ1) is 10.3. The molecule has 0 amide bonds. The Balaban J connectivity index is 0.000000510. The molecule has 3 rings (SSSR count). The van der Waals surface area contributed by atoms with Gasteiger partial charge < -0.3 is 15.4 Å². The molecule has 2 aliphatic heterocycles. The van der Waals surface area contributed by atoms with E-state index in [0.29, 0.717) is 11.9 Å². The van der Waals surface area contributed by atoms with Crippen LogP contribution in [0.2, 0.25) is 0 Å². The quantitative estimate of drug-likeness (QED) is 0.836. The lowest BCUT2D eigenvalue weighted by Gasteiger charge is -2.43. The highest BCUT2D eigenvalue weighted by molar-refractivity contribution is 5.48. The maximum Gasteiger partial charge on any atom is 0.123 e. The summed E-state index contributed by atoms with van der Waals surface area (Å²) in [4.78, 5) is 9.02. The first-order valence-electron chi connectivity index (χ1n) is 7.44. The smallest absolute Gasteiger partial charge is 0.123 e. The van der Waals surface area contributed by atoms with Crippen molar-refractivity contribution in [3.8, 4) is 12.8 Å². The number of rotatable bonds is 2. The number of hydrogen-bond acceptors (Lipinski definition) is 5. The van der Waals surface area contributed by atoms with Crippen molar-refractivity contribution in [1.29, 1.82) is 0 Å². The van der Waals surface area contributed by atoms with E-state index >= 15 is 0 Å². The molecule has 1 aromatic heterocycles. The molecule has 3 heterocycles. The number of pyridine rings is 1. The zero-order valence-corrected chi connectivity index (χ0v) is 13.0. The minimum atomic E-state index is 0.582. The summed E-state index contributed by atoms with van der Waals surface area (Å²) in [6, 6.07) is 4.56. The molecule has 0 aliphatic carbocycles. The number of piperazine rings is 1. The SMILES string of the molecule is C#C.CC.Nc1ccc(N2CCN(C3COC3)CC2)cn1. The fourth-order valence-electron chi connectivity index (χ4n) is 2.36. The summed E-state index contributed by atoms with van der Waals surface area (Å²) in [6.45, 7) is 10.1. The molecule has 1 aromatic rings. The van der Waals surface area contributed by atoms with Gasteiger partial charge in [-0.05, 0) is 12.1 Å². The Morgan fingerprint density at radius 3 is 2.19 bits per heavy atom. The summed E-state index contributed by atoms with van der Waals surface area (Å²) in [5, 5.41) is 0. The van der Waals surface area contributed by atoms with Gasteiger partial charge in [0.25, 0.3) is 0 Å². The zero-order chi connectivity index (χ0) is 15.7. The summed E-state index contributed by atoms with van der Waals surface area (Å²) >= 11 is 0. The number of aromatic nitrogens is 1. The Hall–Kier alpha value is -1.77. The summed E-state index contributed by atoms with van der Waals surface area (Å²) in [5.74, 6) is 0.582. The first-order valence-corrected chi connectivity index (χ1v) is 7.44. The van der Waals surface area contributed by atoms with Gasteiger partial charge >= 0.3 is 0 Å². The molecule has 21 heavy (non-hydrogen) atoms. The molecule has 0 atom stereocenters. The number of anilines is 2. The molecule has 2 saturated heterocycles. The van der Waals surface area contributed by atoms with E-state index in [4.69, 9.17) is 10.5 Å². The fraction of sp³-hybridized carbons (Fsp3) is 0.562. The third kappa shape index (κ3) is 4.62. The van der Waals surface area contributed by atoms with Crippen molar-refractivity contribution < 1.29 is 4.74 Å². The van der Waals surface area contributed by atoms with Crippen LogP contribution >= 0.6 is 0 Å². The van der Waals surface area contributed by atoms with E-state index in [1.54, 1.807) is 0 Å². The van der Waals surface area contributed by atoms with Crippen molar-refractivity contribution in [2.24, 2.45) is 0 Å². The Morgan fingerprint density at radius 1 is 1.14 bits per heavy atom. The summed E-state index contributed by atoms with van der Waals surface area (Å²) in [7, 11) is 0. The number of nitrogens with zero attached hydrogens (tertiary/aromatic N) is 3. The van der Waals surface area contributed by atoms with Gasteiger partial charge in [-0.15, -0.1) is 12.8 Å². The van der Waals surface area contributed by atoms with Gasteiger partial charge in [0.2, 0.25) is 0 Å². The van der Waals surface area contributed by atoms with Crippen LogP contribution in [0.15, 0.2) is 18.3 Å². The zero-order valence-electron chi connectivity index (χ0n) is 13.0. The summed E-state index contributed by atoms with van der Waals surface area (Å²) in [6.07, 6.45) is 9.86. The van der Waals surface area contributed by atoms with E-state index in [2.05, 4.69) is 27.6 Å². The third-order valence-corrected chi connectivity index (χ3v) is 3.59. The van der Waals surface area contributed by atoms with Gasteiger partial charge in [-0.2, -0.15) is 0 Å². The Kier molecular flexibility index (Phi) is 7.59. The van der Waals surface area contributed by atoms with E-state index in [1.807, 2.05) is 32.2 Å². The second-order valence-corrected chi connectivity index (χ2v) is 4.66. The van der Waals surface area contributed by atoms with Crippen molar-refractivity contribution in [2.45, 2.75) is 19.9 Å². The summed E-state index contributed by atoms with van der Waals surface area (Å²) < 4.78 is 5.23. The van der Waals surface area contributed by atoms with Crippen molar-refractivity contribution in [2.75, 3.05) is 50.0 Å². The number of nitrogen functional groups attached to an aromatic ring is 1. The van der Waals surface area contributed by atoms with Crippen LogP contribution in [-0.4, -0.2) is 55.3 Å². The van der Waals surface area contributed by atoms with Gasteiger partial charge in [-0.3, -0.25) is 4.90 Å². The van der Waals surface area contributed by atoms with Gasteiger partial charge in [-0.1, -0.05) is 13.8 Å². The lowest BCUT2D eigenvalue weighted by molar-refractivity contribution is -0.0660.